The maximum atomic E-state index is 12.3. The van der Waals surface area contributed by atoms with E-state index in [1.807, 2.05) is 24.3 Å². The van der Waals surface area contributed by atoms with Crippen LogP contribution in [0.25, 0.3) is 11.1 Å². The molecule has 2 fully saturated rings. The number of benzene rings is 1. The van der Waals surface area contributed by atoms with Crippen LogP contribution in [-0.4, -0.2) is 31.2 Å². The summed E-state index contributed by atoms with van der Waals surface area (Å²) in [5.41, 5.74) is 1.37. The molecule has 1 aliphatic carbocycles. The fourth-order valence-electron chi connectivity index (χ4n) is 4.51. The zero-order chi connectivity index (χ0) is 15.5. The molecule has 5 nitrogen and oxygen atoms in total. The molecule has 1 aromatic heterocycles. The summed E-state index contributed by atoms with van der Waals surface area (Å²) >= 11 is 0. The predicted molar refractivity (Wildman–Crippen MR) is 82.6 cm³/mol. The van der Waals surface area contributed by atoms with E-state index in [1.165, 1.54) is 7.11 Å². The van der Waals surface area contributed by atoms with Gasteiger partial charge in [0, 0.05) is 13.1 Å². The van der Waals surface area contributed by atoms with Crippen LogP contribution in [0.5, 0.6) is 0 Å². The molecule has 4 rings (SSSR count). The zero-order valence-corrected chi connectivity index (χ0v) is 13.1. The van der Waals surface area contributed by atoms with Gasteiger partial charge in [-0.2, -0.15) is 4.98 Å². The molecule has 2 aromatic rings. The number of carbonyl (C=O) groups is 1. The van der Waals surface area contributed by atoms with E-state index in [0.29, 0.717) is 12.6 Å². The lowest BCUT2D eigenvalue weighted by molar-refractivity contribution is -0.174. The van der Waals surface area contributed by atoms with Gasteiger partial charge in [0.2, 0.25) is 0 Å². The lowest BCUT2D eigenvalue weighted by Crippen LogP contribution is -2.57. The normalized spacial score (nSPS) is 29.2. The van der Waals surface area contributed by atoms with Crippen molar-refractivity contribution in [1.29, 1.82) is 0 Å². The Hall–Kier alpha value is -2.04. The number of methoxy groups -OCH3 is 1. The summed E-state index contributed by atoms with van der Waals surface area (Å²) in [5, 5.41) is 0. The van der Waals surface area contributed by atoms with Crippen LogP contribution in [0, 0.1) is 16.7 Å². The van der Waals surface area contributed by atoms with Crippen LogP contribution in [0.2, 0.25) is 0 Å². The first kappa shape index (κ1) is 13.6. The molecule has 0 unspecified atom stereocenters. The highest BCUT2D eigenvalue weighted by atomic mass is 16.5. The number of hydrogen-bond donors (Lipinski definition) is 0. The maximum absolute atomic E-state index is 12.3. The van der Waals surface area contributed by atoms with Crippen LogP contribution >= 0.6 is 0 Å². The van der Waals surface area contributed by atoms with Crippen molar-refractivity contribution in [1.82, 2.24) is 4.98 Å². The first-order chi connectivity index (χ1) is 10.5. The predicted octanol–water partition coefficient (Wildman–Crippen LogP) is 2.85. The van der Waals surface area contributed by atoms with Crippen LogP contribution in [-0.2, 0) is 9.53 Å². The van der Waals surface area contributed by atoms with Crippen molar-refractivity contribution in [3.8, 4) is 0 Å². The Balaban J connectivity index is 1.69. The van der Waals surface area contributed by atoms with Crippen molar-refractivity contribution in [3.05, 3.63) is 24.3 Å². The van der Waals surface area contributed by atoms with Crippen molar-refractivity contribution in [2.24, 2.45) is 16.7 Å². The van der Waals surface area contributed by atoms with E-state index in [4.69, 9.17) is 9.15 Å². The average Bonchev–Trinajstić information content (AvgIpc) is 3.05. The smallest absolute Gasteiger partial charge is 0.314 e. The number of esters is 1. The first-order valence-electron chi connectivity index (χ1n) is 7.65. The zero-order valence-electron chi connectivity index (χ0n) is 13.1. The van der Waals surface area contributed by atoms with E-state index in [9.17, 15) is 4.79 Å². The number of para-hydroxylation sites is 2. The number of carbonyl (C=O) groups excluding carboxylic acids is 1. The number of fused-ring (bicyclic) bond motifs is 2. The topological polar surface area (TPSA) is 55.6 Å². The SMILES string of the molecule is COC(=O)[C@@]12CN(c3nc4ccccc4o3)C[C@@H]1C(C)(C)C2. The first-order valence-corrected chi connectivity index (χ1v) is 7.65. The molecular weight excluding hydrogens is 280 g/mol. The number of oxazole rings is 1. The van der Waals surface area contributed by atoms with Gasteiger partial charge in [-0.05, 0) is 29.9 Å². The standard InChI is InChI=1S/C17H20N2O3/c1-16(2)9-17(14(20)21-3)10-19(8-13(16)17)15-18-11-6-4-5-7-12(11)22-15/h4-7,13H,8-10H2,1-3H3/t13-,17+/m1/s1. The Bertz CT molecular complexity index is 718. The average molecular weight is 300 g/mol. The summed E-state index contributed by atoms with van der Waals surface area (Å²) in [7, 11) is 1.47. The molecule has 0 bridgehead atoms. The second-order valence-electron chi connectivity index (χ2n) is 7.21. The molecule has 0 amide bonds. The maximum Gasteiger partial charge on any atom is 0.314 e. The second-order valence-corrected chi connectivity index (χ2v) is 7.21. The lowest BCUT2D eigenvalue weighted by atomic mass is 9.48. The van der Waals surface area contributed by atoms with Crippen molar-refractivity contribution in [2.75, 3.05) is 25.1 Å². The molecule has 2 atom stereocenters. The highest BCUT2D eigenvalue weighted by Crippen LogP contribution is 2.63. The third-order valence-electron chi connectivity index (χ3n) is 5.40. The third kappa shape index (κ3) is 1.65. The van der Waals surface area contributed by atoms with Gasteiger partial charge in [0.15, 0.2) is 5.58 Å². The summed E-state index contributed by atoms with van der Waals surface area (Å²) in [4.78, 5) is 19.0. The van der Waals surface area contributed by atoms with Gasteiger partial charge in [-0.25, -0.2) is 0 Å². The highest BCUT2D eigenvalue weighted by Gasteiger charge is 2.68. The molecule has 1 aliphatic heterocycles. The Labute approximate surface area is 129 Å². The molecule has 0 spiro atoms. The van der Waals surface area contributed by atoms with Gasteiger partial charge in [0.25, 0.3) is 6.01 Å². The summed E-state index contributed by atoms with van der Waals surface area (Å²) in [6.07, 6.45) is 0.855. The van der Waals surface area contributed by atoms with Gasteiger partial charge >= 0.3 is 5.97 Å². The Morgan fingerprint density at radius 2 is 2.18 bits per heavy atom. The minimum absolute atomic E-state index is 0.101. The van der Waals surface area contributed by atoms with Gasteiger partial charge in [-0.3, -0.25) is 4.79 Å². The van der Waals surface area contributed by atoms with E-state index in [1.54, 1.807) is 0 Å². The van der Waals surface area contributed by atoms with Gasteiger partial charge in [-0.1, -0.05) is 26.0 Å². The van der Waals surface area contributed by atoms with Gasteiger partial charge in [0.05, 0.1) is 12.5 Å². The van der Waals surface area contributed by atoms with Crippen LogP contribution in [0.3, 0.4) is 0 Å². The van der Waals surface area contributed by atoms with Gasteiger partial charge < -0.3 is 14.1 Å². The van der Waals surface area contributed by atoms with E-state index in [2.05, 4.69) is 23.7 Å². The van der Waals surface area contributed by atoms with Crippen LogP contribution in [0.1, 0.15) is 20.3 Å². The fourth-order valence-corrected chi connectivity index (χ4v) is 4.51. The third-order valence-corrected chi connectivity index (χ3v) is 5.40. The van der Waals surface area contributed by atoms with Gasteiger partial charge in [-0.15, -0.1) is 0 Å². The van der Waals surface area contributed by atoms with Crippen LogP contribution in [0.4, 0.5) is 6.01 Å². The molecule has 116 valence electrons. The largest absolute Gasteiger partial charge is 0.469 e. The van der Waals surface area contributed by atoms with Crippen LogP contribution in [0.15, 0.2) is 28.7 Å². The number of ether oxygens (including phenoxy) is 1. The molecule has 2 aliphatic rings. The molecule has 5 heteroatoms. The van der Waals surface area contributed by atoms with Crippen molar-refractivity contribution < 1.29 is 13.9 Å². The monoisotopic (exact) mass is 300 g/mol. The minimum atomic E-state index is -0.404. The molecule has 0 N–H and O–H groups in total. The minimum Gasteiger partial charge on any atom is -0.469 e. The lowest BCUT2D eigenvalue weighted by Gasteiger charge is -2.54. The molecule has 1 aromatic carbocycles. The number of nitrogens with zero attached hydrogens (tertiary/aromatic N) is 2. The van der Waals surface area contributed by atoms with E-state index >= 15 is 0 Å². The number of anilines is 1. The Kier molecular flexibility index (Phi) is 2.63. The molecule has 1 saturated carbocycles. The van der Waals surface area contributed by atoms with Crippen molar-refractivity contribution in [3.63, 3.8) is 0 Å². The number of rotatable bonds is 2. The number of aromatic nitrogens is 1. The molecular formula is C17H20N2O3. The summed E-state index contributed by atoms with van der Waals surface area (Å²) in [5.74, 6) is 0.179. The van der Waals surface area contributed by atoms with E-state index in [-0.39, 0.29) is 17.3 Å². The summed E-state index contributed by atoms with van der Waals surface area (Å²) in [6.45, 7) is 5.85. The summed E-state index contributed by atoms with van der Waals surface area (Å²) < 4.78 is 10.9. The van der Waals surface area contributed by atoms with E-state index < -0.39 is 5.41 Å². The molecule has 22 heavy (non-hydrogen) atoms. The van der Waals surface area contributed by atoms with Crippen molar-refractivity contribution >= 4 is 23.1 Å². The van der Waals surface area contributed by atoms with Gasteiger partial charge in [0.1, 0.15) is 5.52 Å². The molecule has 0 radical (unpaired) electrons. The second kappa shape index (κ2) is 4.24. The fraction of sp³-hybridized carbons (Fsp3) is 0.529. The Morgan fingerprint density at radius 3 is 2.86 bits per heavy atom. The molecule has 2 heterocycles. The highest BCUT2D eigenvalue weighted by molar-refractivity contribution is 5.81. The quantitative estimate of drug-likeness (QED) is 0.798. The molecule has 1 saturated heterocycles. The van der Waals surface area contributed by atoms with Crippen LogP contribution < -0.4 is 4.90 Å². The Morgan fingerprint density at radius 1 is 1.41 bits per heavy atom. The number of hydrogen-bond acceptors (Lipinski definition) is 5. The summed E-state index contributed by atoms with van der Waals surface area (Å²) in [6, 6.07) is 8.34. The van der Waals surface area contributed by atoms with Crippen molar-refractivity contribution in [2.45, 2.75) is 20.3 Å². The van der Waals surface area contributed by atoms with E-state index in [0.717, 1.165) is 24.1 Å².